The molecule has 0 saturated carbocycles. The minimum absolute atomic E-state index is 0.0878. The molecule has 31 heavy (non-hydrogen) atoms. The van der Waals surface area contributed by atoms with E-state index in [1.165, 1.54) is 18.3 Å². The van der Waals surface area contributed by atoms with Crippen molar-refractivity contribution in [2.45, 2.75) is 64.4 Å². The predicted molar refractivity (Wildman–Crippen MR) is 120 cm³/mol. The van der Waals surface area contributed by atoms with Gasteiger partial charge in [0.2, 0.25) is 11.6 Å². The standard InChI is InChI=1S/C25H28N2O4/c1-17(10-8-9-15-20(28)29)30-24-22-21(18-11-4-2-5-12-18)23(19-13-6-3-7-14-19)31-25(22)27-16-26-24/h3,6-7,11,13-14,16-17H,2,4-5,8-10,12,15H2,1H3,(H,28,29)/t17-/m1/s1. The summed E-state index contributed by atoms with van der Waals surface area (Å²) in [6.07, 6.45) is 10.5. The minimum Gasteiger partial charge on any atom is -0.481 e. The SMILES string of the molecule is C[C@H](CCCCC(=O)O)Oc1ncnc2oc(-c3ccccc3)c(C3=CCCCC3)c12. The van der Waals surface area contributed by atoms with Gasteiger partial charge in [0.05, 0.1) is 6.10 Å². The molecule has 2 aromatic heterocycles. The maximum absolute atomic E-state index is 10.7. The number of unbranched alkanes of at least 4 members (excludes halogenated alkanes) is 1. The van der Waals surface area contributed by atoms with Gasteiger partial charge in [-0.3, -0.25) is 4.79 Å². The van der Waals surface area contributed by atoms with Gasteiger partial charge in [0.25, 0.3) is 0 Å². The molecule has 0 unspecified atom stereocenters. The molecule has 1 N–H and O–H groups in total. The Balaban J connectivity index is 1.69. The molecule has 0 saturated heterocycles. The van der Waals surface area contributed by atoms with E-state index < -0.39 is 5.97 Å². The first-order chi connectivity index (χ1) is 15.1. The quantitative estimate of drug-likeness (QED) is 0.411. The summed E-state index contributed by atoms with van der Waals surface area (Å²) in [5, 5.41) is 9.64. The van der Waals surface area contributed by atoms with Gasteiger partial charge in [-0.05, 0) is 57.4 Å². The van der Waals surface area contributed by atoms with E-state index in [4.69, 9.17) is 14.3 Å². The molecule has 1 atom stereocenters. The number of aliphatic carboxylic acids is 1. The molecule has 1 aliphatic rings. The normalized spacial score (nSPS) is 14.9. The zero-order chi connectivity index (χ0) is 21.6. The molecule has 0 bridgehead atoms. The number of rotatable bonds is 9. The Kier molecular flexibility index (Phi) is 6.65. The van der Waals surface area contributed by atoms with Crippen LogP contribution in [0.2, 0.25) is 0 Å². The number of nitrogens with zero attached hydrogens (tertiary/aromatic N) is 2. The summed E-state index contributed by atoms with van der Waals surface area (Å²) in [5.74, 6) is 0.578. The lowest BCUT2D eigenvalue weighted by molar-refractivity contribution is -0.137. The molecule has 1 aliphatic carbocycles. The van der Waals surface area contributed by atoms with E-state index in [-0.39, 0.29) is 12.5 Å². The summed E-state index contributed by atoms with van der Waals surface area (Å²) in [6, 6.07) is 10.1. The Morgan fingerprint density at radius 2 is 2.03 bits per heavy atom. The molecule has 0 amide bonds. The molecule has 6 heteroatoms. The van der Waals surface area contributed by atoms with Gasteiger partial charge >= 0.3 is 5.97 Å². The molecular formula is C25H28N2O4. The van der Waals surface area contributed by atoms with Crippen molar-refractivity contribution >= 4 is 22.6 Å². The zero-order valence-corrected chi connectivity index (χ0v) is 17.8. The van der Waals surface area contributed by atoms with Gasteiger partial charge in [0.15, 0.2) is 0 Å². The van der Waals surface area contributed by atoms with Crippen molar-refractivity contribution in [3.05, 3.63) is 48.3 Å². The first-order valence-electron chi connectivity index (χ1n) is 11.0. The number of hydrogen-bond acceptors (Lipinski definition) is 5. The van der Waals surface area contributed by atoms with Gasteiger partial charge in [0.1, 0.15) is 17.5 Å². The minimum atomic E-state index is -0.761. The summed E-state index contributed by atoms with van der Waals surface area (Å²) in [4.78, 5) is 19.6. The number of allylic oxidation sites excluding steroid dienone is 2. The Morgan fingerprint density at radius 1 is 1.19 bits per heavy atom. The predicted octanol–water partition coefficient (Wildman–Crippen LogP) is 6.26. The second kappa shape index (κ2) is 9.77. The fraction of sp³-hybridized carbons (Fsp3) is 0.400. The lowest BCUT2D eigenvalue weighted by Crippen LogP contribution is -2.13. The van der Waals surface area contributed by atoms with Crippen molar-refractivity contribution in [2.24, 2.45) is 0 Å². The summed E-state index contributed by atoms with van der Waals surface area (Å²) in [6.45, 7) is 1.99. The number of carboxylic acid groups (broad SMARTS) is 1. The molecular weight excluding hydrogens is 392 g/mol. The number of aromatic nitrogens is 2. The van der Waals surface area contributed by atoms with E-state index in [1.54, 1.807) is 0 Å². The van der Waals surface area contributed by atoms with Crippen LogP contribution in [0.4, 0.5) is 0 Å². The first-order valence-corrected chi connectivity index (χ1v) is 11.0. The topological polar surface area (TPSA) is 85.5 Å². The second-order valence-electron chi connectivity index (χ2n) is 8.07. The van der Waals surface area contributed by atoms with Crippen LogP contribution < -0.4 is 4.74 Å². The van der Waals surface area contributed by atoms with Crippen molar-refractivity contribution in [3.8, 4) is 17.2 Å². The molecule has 0 aliphatic heterocycles. The first kappa shape index (κ1) is 21.1. The summed E-state index contributed by atoms with van der Waals surface area (Å²) in [5.41, 5.74) is 3.84. The van der Waals surface area contributed by atoms with Crippen LogP contribution in [0.15, 0.2) is 47.2 Å². The van der Waals surface area contributed by atoms with E-state index in [9.17, 15) is 4.79 Å². The van der Waals surface area contributed by atoms with Crippen LogP contribution in [0.3, 0.4) is 0 Å². The van der Waals surface area contributed by atoms with Crippen molar-refractivity contribution < 1.29 is 19.1 Å². The fourth-order valence-corrected chi connectivity index (χ4v) is 4.12. The molecule has 6 nitrogen and oxygen atoms in total. The van der Waals surface area contributed by atoms with E-state index in [2.05, 4.69) is 16.0 Å². The highest BCUT2D eigenvalue weighted by molar-refractivity contribution is 5.99. The Morgan fingerprint density at radius 3 is 2.77 bits per heavy atom. The molecule has 0 fully saturated rings. The monoisotopic (exact) mass is 420 g/mol. The van der Waals surface area contributed by atoms with Crippen LogP contribution in [0, 0.1) is 0 Å². The molecule has 0 radical (unpaired) electrons. The summed E-state index contributed by atoms with van der Waals surface area (Å²) >= 11 is 0. The maximum Gasteiger partial charge on any atom is 0.303 e. The number of carboxylic acids is 1. The zero-order valence-electron chi connectivity index (χ0n) is 17.8. The van der Waals surface area contributed by atoms with E-state index in [0.29, 0.717) is 18.0 Å². The summed E-state index contributed by atoms with van der Waals surface area (Å²) < 4.78 is 12.5. The number of benzene rings is 1. The number of hydrogen-bond donors (Lipinski definition) is 1. The van der Waals surface area contributed by atoms with Gasteiger partial charge in [0, 0.05) is 17.5 Å². The van der Waals surface area contributed by atoms with Gasteiger partial charge < -0.3 is 14.3 Å². The number of furan rings is 1. The van der Waals surface area contributed by atoms with Crippen molar-refractivity contribution in [1.29, 1.82) is 0 Å². The third kappa shape index (κ3) is 4.95. The number of ether oxygens (including phenoxy) is 1. The number of carbonyl (C=O) groups is 1. The van der Waals surface area contributed by atoms with Crippen LogP contribution in [0.5, 0.6) is 5.88 Å². The van der Waals surface area contributed by atoms with Gasteiger partial charge in [-0.2, -0.15) is 0 Å². The van der Waals surface area contributed by atoms with Crippen LogP contribution in [-0.2, 0) is 4.79 Å². The third-order valence-corrected chi connectivity index (χ3v) is 5.67. The van der Waals surface area contributed by atoms with Crippen molar-refractivity contribution in [1.82, 2.24) is 9.97 Å². The van der Waals surface area contributed by atoms with Gasteiger partial charge in [-0.1, -0.05) is 36.4 Å². The molecule has 162 valence electrons. The van der Waals surface area contributed by atoms with Crippen molar-refractivity contribution in [2.75, 3.05) is 0 Å². The molecule has 0 spiro atoms. The smallest absolute Gasteiger partial charge is 0.303 e. The molecule has 1 aromatic carbocycles. The largest absolute Gasteiger partial charge is 0.481 e. The highest BCUT2D eigenvalue weighted by Gasteiger charge is 2.25. The van der Waals surface area contributed by atoms with E-state index in [1.807, 2.05) is 37.3 Å². The molecule has 4 rings (SSSR count). The van der Waals surface area contributed by atoms with Crippen LogP contribution in [0.1, 0.15) is 63.9 Å². The lowest BCUT2D eigenvalue weighted by atomic mass is 9.91. The van der Waals surface area contributed by atoms with Crippen LogP contribution in [0.25, 0.3) is 28.0 Å². The Hall–Kier alpha value is -3.15. The highest BCUT2D eigenvalue weighted by atomic mass is 16.5. The van der Waals surface area contributed by atoms with Gasteiger partial charge in [-0.25, -0.2) is 9.97 Å². The third-order valence-electron chi connectivity index (χ3n) is 5.67. The second-order valence-corrected chi connectivity index (χ2v) is 8.07. The average molecular weight is 421 g/mol. The molecule has 3 aromatic rings. The van der Waals surface area contributed by atoms with E-state index in [0.717, 1.165) is 54.4 Å². The maximum atomic E-state index is 10.7. The summed E-state index contributed by atoms with van der Waals surface area (Å²) in [7, 11) is 0. The molecule has 2 heterocycles. The van der Waals surface area contributed by atoms with Crippen LogP contribution in [-0.4, -0.2) is 27.1 Å². The Labute approximate surface area is 182 Å². The number of fused-ring (bicyclic) bond motifs is 1. The van der Waals surface area contributed by atoms with Crippen LogP contribution >= 0.6 is 0 Å². The van der Waals surface area contributed by atoms with Crippen molar-refractivity contribution in [3.63, 3.8) is 0 Å². The highest BCUT2D eigenvalue weighted by Crippen LogP contribution is 2.43. The van der Waals surface area contributed by atoms with Gasteiger partial charge in [-0.15, -0.1) is 0 Å². The van der Waals surface area contributed by atoms with E-state index >= 15 is 0 Å². The fourth-order valence-electron chi connectivity index (χ4n) is 4.12. The lowest BCUT2D eigenvalue weighted by Gasteiger charge is -2.16. The average Bonchev–Trinajstić information content (AvgIpc) is 3.18. The Bertz CT molecular complexity index is 1070.